The molecule has 1 aliphatic rings. The predicted octanol–water partition coefficient (Wildman–Crippen LogP) is 3.72. The second-order valence-corrected chi connectivity index (χ2v) is 10.3. The minimum atomic E-state index is -1.46. The first-order valence-electron chi connectivity index (χ1n) is 13.8. The smallest absolute Gasteiger partial charge is 0.406 e. The topological polar surface area (TPSA) is 125 Å². The summed E-state index contributed by atoms with van der Waals surface area (Å²) in [6, 6.07) is 12.0. The van der Waals surface area contributed by atoms with Crippen LogP contribution in [0.25, 0.3) is 11.1 Å². The number of nitrogens with zero attached hydrogens (tertiary/aromatic N) is 1. The minimum Gasteiger partial charge on any atom is -0.453 e. The first-order chi connectivity index (χ1) is 18.7. The van der Waals surface area contributed by atoms with Gasteiger partial charge in [0, 0.05) is 43.6 Å². The summed E-state index contributed by atoms with van der Waals surface area (Å²) in [6.07, 6.45) is 2.85. The highest BCUT2D eigenvalue weighted by Crippen LogP contribution is 2.44. The van der Waals surface area contributed by atoms with E-state index in [9.17, 15) is 19.8 Å². The van der Waals surface area contributed by atoms with Gasteiger partial charge in [-0.05, 0) is 61.3 Å². The van der Waals surface area contributed by atoms with E-state index in [0.717, 1.165) is 12.0 Å². The molecule has 5 N–H and O–H groups in total. The highest BCUT2D eigenvalue weighted by molar-refractivity contribution is 5.76. The van der Waals surface area contributed by atoms with Crippen molar-refractivity contribution in [3.05, 3.63) is 59.4 Å². The Bertz CT molecular complexity index is 1110. The summed E-state index contributed by atoms with van der Waals surface area (Å²) < 4.78 is 20.2. The summed E-state index contributed by atoms with van der Waals surface area (Å²) in [5, 5.41) is 24.3. The lowest BCUT2D eigenvalue weighted by Crippen LogP contribution is -2.48. The molecule has 1 fully saturated rings. The van der Waals surface area contributed by atoms with Crippen LogP contribution in [0, 0.1) is 11.7 Å². The van der Waals surface area contributed by atoms with Gasteiger partial charge >= 0.3 is 6.09 Å². The average Bonchev–Trinajstić information content (AvgIpc) is 2.97. The van der Waals surface area contributed by atoms with Gasteiger partial charge < -0.3 is 30.9 Å². The zero-order valence-electron chi connectivity index (χ0n) is 23.0. The first kappa shape index (κ1) is 30.5. The number of halogens is 1. The van der Waals surface area contributed by atoms with Gasteiger partial charge in [-0.2, -0.15) is 0 Å². The molecule has 2 aromatic carbocycles. The Labute approximate surface area is 230 Å². The zero-order chi connectivity index (χ0) is 28.4. The molecule has 3 rings (SSSR count). The van der Waals surface area contributed by atoms with E-state index in [1.165, 1.54) is 13.2 Å². The third kappa shape index (κ3) is 7.77. The van der Waals surface area contributed by atoms with Crippen molar-refractivity contribution in [1.82, 2.24) is 10.2 Å². The van der Waals surface area contributed by atoms with Gasteiger partial charge in [-0.1, -0.05) is 43.3 Å². The van der Waals surface area contributed by atoms with Gasteiger partial charge in [0.2, 0.25) is 5.91 Å². The summed E-state index contributed by atoms with van der Waals surface area (Å²) in [5.74, 6) is -0.850. The molecule has 39 heavy (non-hydrogen) atoms. The fourth-order valence-electron chi connectivity index (χ4n) is 5.46. The van der Waals surface area contributed by atoms with E-state index in [4.69, 9.17) is 5.73 Å². The Kier molecular flexibility index (Phi) is 11.3. The lowest BCUT2D eigenvalue weighted by Gasteiger charge is -2.44. The van der Waals surface area contributed by atoms with Crippen molar-refractivity contribution < 1.29 is 28.9 Å². The summed E-state index contributed by atoms with van der Waals surface area (Å²) in [6.45, 7) is 3.01. The first-order valence-corrected chi connectivity index (χ1v) is 13.8. The van der Waals surface area contributed by atoms with E-state index >= 15 is 4.39 Å². The number of aryl methyl sites for hydroxylation is 1. The van der Waals surface area contributed by atoms with Crippen LogP contribution in [0.1, 0.15) is 56.6 Å². The summed E-state index contributed by atoms with van der Waals surface area (Å²) in [4.78, 5) is 26.3. The van der Waals surface area contributed by atoms with Gasteiger partial charge in [-0.15, -0.1) is 0 Å². The quantitative estimate of drug-likeness (QED) is 0.303. The van der Waals surface area contributed by atoms with Crippen molar-refractivity contribution in [2.45, 2.75) is 63.5 Å². The second-order valence-electron chi connectivity index (χ2n) is 10.3. The average molecular weight is 544 g/mol. The number of nitrogens with two attached hydrogens (primary N) is 1. The minimum absolute atomic E-state index is 0.0755. The maximum absolute atomic E-state index is 15.5. The van der Waals surface area contributed by atoms with Gasteiger partial charge in [-0.3, -0.25) is 4.79 Å². The lowest BCUT2D eigenvalue weighted by atomic mass is 9.72. The normalized spacial score (nSPS) is 17.8. The van der Waals surface area contributed by atoms with Crippen molar-refractivity contribution >= 4 is 12.0 Å². The van der Waals surface area contributed by atoms with Crippen molar-refractivity contribution in [2.24, 2.45) is 11.7 Å². The van der Waals surface area contributed by atoms with Crippen LogP contribution in [0.15, 0.2) is 42.5 Å². The number of alkyl carbamates (subject to hydrolysis) is 1. The fourth-order valence-corrected chi connectivity index (χ4v) is 5.46. The van der Waals surface area contributed by atoms with Crippen LogP contribution in [0.3, 0.4) is 0 Å². The van der Waals surface area contributed by atoms with Crippen molar-refractivity contribution in [1.29, 1.82) is 0 Å². The predicted molar refractivity (Wildman–Crippen MR) is 148 cm³/mol. The summed E-state index contributed by atoms with van der Waals surface area (Å²) in [7, 11) is 1.29. The number of ether oxygens (including phenoxy) is 1. The number of carbonyl (C=O) groups excluding carboxylic acids is 2. The molecule has 9 heteroatoms. The third-order valence-corrected chi connectivity index (χ3v) is 7.71. The molecule has 3 atom stereocenters. The second kappa shape index (κ2) is 14.4. The molecule has 1 aliphatic heterocycles. The van der Waals surface area contributed by atoms with Crippen molar-refractivity contribution in [3.8, 4) is 11.1 Å². The number of carbonyl (C=O) groups is 2. The molecule has 2 amide bonds. The number of hydrogen-bond acceptors (Lipinski definition) is 6. The number of aliphatic hydroxyl groups excluding tert-OH is 1. The largest absolute Gasteiger partial charge is 0.453 e. The zero-order valence-corrected chi connectivity index (χ0v) is 23.0. The molecule has 1 heterocycles. The number of hydrogen-bond donors (Lipinski definition) is 4. The SMILES string of the molecule is CCc1cccc(-c2c(F)cccc2[C@](O)(CCCNC(=O)OC)[C@@H]2CCCN(C(=O)CC[C@H](N)CO)C2)c1. The van der Waals surface area contributed by atoms with E-state index in [-0.39, 0.29) is 37.8 Å². The molecular formula is C30H42FN3O5. The Morgan fingerprint density at radius 1 is 1.28 bits per heavy atom. The van der Waals surface area contributed by atoms with Crippen LogP contribution in [0.2, 0.25) is 0 Å². The van der Waals surface area contributed by atoms with Crippen LogP contribution in [0.5, 0.6) is 0 Å². The number of nitrogens with one attached hydrogen (secondary N) is 1. The molecule has 1 saturated heterocycles. The molecule has 0 aromatic heterocycles. The molecule has 0 spiro atoms. The molecule has 2 aromatic rings. The van der Waals surface area contributed by atoms with E-state index < -0.39 is 23.6 Å². The van der Waals surface area contributed by atoms with E-state index in [0.29, 0.717) is 55.5 Å². The Hall–Kier alpha value is -3.01. The number of methoxy groups -OCH3 is 1. The molecule has 214 valence electrons. The number of likely N-dealkylation sites (tertiary alicyclic amines) is 1. The molecule has 0 saturated carbocycles. The Morgan fingerprint density at radius 2 is 2.05 bits per heavy atom. The molecule has 0 radical (unpaired) electrons. The van der Waals surface area contributed by atoms with Gasteiger partial charge in [-0.25, -0.2) is 9.18 Å². The maximum atomic E-state index is 15.5. The monoisotopic (exact) mass is 543 g/mol. The molecule has 0 unspecified atom stereocenters. The summed E-state index contributed by atoms with van der Waals surface area (Å²) in [5.41, 5.74) is 6.92. The highest BCUT2D eigenvalue weighted by atomic mass is 19.1. The molecular weight excluding hydrogens is 501 g/mol. The summed E-state index contributed by atoms with van der Waals surface area (Å²) >= 11 is 0. The van der Waals surface area contributed by atoms with Crippen LogP contribution in [0.4, 0.5) is 9.18 Å². The highest BCUT2D eigenvalue weighted by Gasteiger charge is 2.43. The van der Waals surface area contributed by atoms with Crippen LogP contribution in [-0.4, -0.2) is 66.5 Å². The number of piperidine rings is 1. The van der Waals surface area contributed by atoms with Gasteiger partial charge in [0.05, 0.1) is 19.3 Å². The third-order valence-electron chi connectivity index (χ3n) is 7.71. The van der Waals surface area contributed by atoms with Gasteiger partial charge in [0.15, 0.2) is 0 Å². The Morgan fingerprint density at radius 3 is 2.77 bits per heavy atom. The van der Waals surface area contributed by atoms with Crippen LogP contribution in [-0.2, 0) is 21.6 Å². The van der Waals surface area contributed by atoms with Gasteiger partial charge in [0.25, 0.3) is 0 Å². The van der Waals surface area contributed by atoms with Gasteiger partial charge in [0.1, 0.15) is 5.82 Å². The van der Waals surface area contributed by atoms with Crippen LogP contribution >= 0.6 is 0 Å². The number of benzene rings is 2. The maximum Gasteiger partial charge on any atom is 0.406 e. The molecule has 0 aliphatic carbocycles. The fraction of sp³-hybridized carbons (Fsp3) is 0.533. The number of amides is 2. The van der Waals surface area contributed by atoms with Crippen LogP contribution < -0.4 is 11.1 Å². The van der Waals surface area contributed by atoms with E-state index in [1.807, 2.05) is 31.2 Å². The lowest BCUT2D eigenvalue weighted by molar-refractivity contribution is -0.137. The molecule has 0 bridgehead atoms. The number of rotatable bonds is 12. The standard InChI is InChI=1S/C30H42FN3O5/c1-3-21-8-4-9-22(18-21)28-25(11-5-12-26(28)31)30(38,15-7-16-33-29(37)39-2)23-10-6-17-34(19-23)27(36)14-13-24(32)20-35/h4-5,8-9,11-12,18,23-24,35,38H,3,6-7,10,13-17,19-20,32H2,1-2H3,(H,33,37)/t23-,24+,30+/m1/s1. The Balaban J connectivity index is 1.97. The van der Waals surface area contributed by atoms with Crippen molar-refractivity contribution in [2.75, 3.05) is 33.4 Å². The van der Waals surface area contributed by atoms with E-state index in [2.05, 4.69) is 10.1 Å². The number of aliphatic hydroxyl groups is 2. The molecule has 8 nitrogen and oxygen atoms in total. The van der Waals surface area contributed by atoms with Crippen molar-refractivity contribution in [3.63, 3.8) is 0 Å². The van der Waals surface area contributed by atoms with E-state index in [1.54, 1.807) is 17.0 Å².